The molecule has 0 aromatic heterocycles. The van der Waals surface area contributed by atoms with Crippen LogP contribution in [0.3, 0.4) is 0 Å². The van der Waals surface area contributed by atoms with Crippen molar-refractivity contribution in [1.29, 1.82) is 0 Å². The SMILES string of the molecule is [N-]=[N+]=NCc1cc(Cl)c(Cc2ccc(Cl)c3ccccc23)c(Cl)c1. The molecule has 0 atom stereocenters. The highest BCUT2D eigenvalue weighted by Crippen LogP contribution is 2.33. The van der Waals surface area contributed by atoms with E-state index in [0.717, 1.165) is 32.5 Å². The zero-order chi connectivity index (χ0) is 17.1. The van der Waals surface area contributed by atoms with Gasteiger partial charge in [0.2, 0.25) is 0 Å². The van der Waals surface area contributed by atoms with Gasteiger partial charge in [0.25, 0.3) is 0 Å². The van der Waals surface area contributed by atoms with E-state index in [4.69, 9.17) is 40.3 Å². The maximum Gasteiger partial charge on any atom is 0.0511 e. The Kier molecular flexibility index (Phi) is 5.17. The minimum Gasteiger partial charge on any atom is -0.0893 e. The van der Waals surface area contributed by atoms with Crippen LogP contribution in [0.4, 0.5) is 0 Å². The highest BCUT2D eigenvalue weighted by atomic mass is 35.5. The van der Waals surface area contributed by atoms with Gasteiger partial charge in [0, 0.05) is 31.8 Å². The first-order valence-electron chi connectivity index (χ1n) is 7.24. The molecule has 0 unspecified atom stereocenters. The Morgan fingerprint density at radius 2 is 1.54 bits per heavy atom. The molecule has 0 radical (unpaired) electrons. The van der Waals surface area contributed by atoms with Gasteiger partial charge in [0.15, 0.2) is 0 Å². The molecule has 24 heavy (non-hydrogen) atoms. The molecule has 3 aromatic rings. The molecule has 0 aliphatic heterocycles. The van der Waals surface area contributed by atoms with Crippen LogP contribution in [0, 0.1) is 0 Å². The molecule has 3 rings (SSSR count). The Labute approximate surface area is 154 Å². The van der Waals surface area contributed by atoms with E-state index < -0.39 is 0 Å². The Bertz CT molecular complexity index is 940. The third kappa shape index (κ3) is 3.45. The summed E-state index contributed by atoms with van der Waals surface area (Å²) in [4.78, 5) is 2.75. The van der Waals surface area contributed by atoms with Gasteiger partial charge in [-0.2, -0.15) is 0 Å². The zero-order valence-electron chi connectivity index (χ0n) is 12.5. The minimum atomic E-state index is 0.222. The number of rotatable bonds is 4. The quantitative estimate of drug-likeness (QED) is 0.262. The van der Waals surface area contributed by atoms with Gasteiger partial charge in [-0.1, -0.05) is 70.2 Å². The average Bonchev–Trinajstić information content (AvgIpc) is 2.58. The highest BCUT2D eigenvalue weighted by molar-refractivity contribution is 6.36. The molecule has 0 N–H and O–H groups in total. The molecule has 3 aromatic carbocycles. The van der Waals surface area contributed by atoms with Gasteiger partial charge < -0.3 is 0 Å². The number of hydrogen-bond acceptors (Lipinski definition) is 1. The normalized spacial score (nSPS) is 10.6. The number of azide groups is 1. The predicted octanol–water partition coefficient (Wildman–Crippen LogP) is 7.20. The average molecular weight is 377 g/mol. The fourth-order valence-corrected chi connectivity index (χ4v) is 3.59. The predicted molar refractivity (Wildman–Crippen MR) is 101 cm³/mol. The Morgan fingerprint density at radius 3 is 2.21 bits per heavy atom. The second kappa shape index (κ2) is 7.33. The van der Waals surface area contributed by atoms with Gasteiger partial charge in [-0.15, -0.1) is 0 Å². The van der Waals surface area contributed by atoms with Crippen molar-refractivity contribution >= 4 is 45.6 Å². The fourth-order valence-electron chi connectivity index (χ4n) is 2.70. The summed E-state index contributed by atoms with van der Waals surface area (Å²) in [5, 5.41) is 7.46. The van der Waals surface area contributed by atoms with Crippen LogP contribution in [0.25, 0.3) is 21.2 Å². The first-order chi connectivity index (χ1) is 11.6. The standard InChI is InChI=1S/C18H12Cl3N3/c19-16-6-5-12(13-3-1-2-4-14(13)16)9-15-17(20)7-11(8-18(15)21)10-23-24-22/h1-8H,9-10H2. The Balaban J connectivity index is 2.03. The summed E-state index contributed by atoms with van der Waals surface area (Å²) in [7, 11) is 0. The summed E-state index contributed by atoms with van der Waals surface area (Å²) < 4.78 is 0. The monoisotopic (exact) mass is 375 g/mol. The molecule has 0 bridgehead atoms. The summed E-state index contributed by atoms with van der Waals surface area (Å²) in [5.74, 6) is 0. The molecule has 0 saturated carbocycles. The summed E-state index contributed by atoms with van der Waals surface area (Å²) in [6.45, 7) is 0.222. The molecule has 0 heterocycles. The van der Waals surface area contributed by atoms with E-state index in [1.165, 1.54) is 0 Å². The molecule has 0 spiro atoms. The van der Waals surface area contributed by atoms with Crippen molar-refractivity contribution in [3.05, 3.63) is 90.7 Å². The number of benzene rings is 3. The van der Waals surface area contributed by atoms with Crippen molar-refractivity contribution in [1.82, 2.24) is 0 Å². The highest BCUT2D eigenvalue weighted by Gasteiger charge is 2.12. The molecule has 0 saturated heterocycles. The maximum absolute atomic E-state index is 8.42. The smallest absolute Gasteiger partial charge is 0.0511 e. The van der Waals surface area contributed by atoms with Gasteiger partial charge in [-0.3, -0.25) is 0 Å². The van der Waals surface area contributed by atoms with Crippen LogP contribution < -0.4 is 0 Å². The first kappa shape index (κ1) is 16.9. The third-order valence-electron chi connectivity index (χ3n) is 3.85. The van der Waals surface area contributed by atoms with Crippen LogP contribution in [0.5, 0.6) is 0 Å². The van der Waals surface area contributed by atoms with Crippen molar-refractivity contribution in [2.24, 2.45) is 5.11 Å². The lowest BCUT2D eigenvalue weighted by molar-refractivity contribution is 1.04. The molecule has 0 amide bonds. The first-order valence-corrected chi connectivity index (χ1v) is 8.37. The Morgan fingerprint density at radius 1 is 0.875 bits per heavy atom. The lowest BCUT2D eigenvalue weighted by Gasteiger charge is -2.12. The van der Waals surface area contributed by atoms with Crippen LogP contribution in [-0.4, -0.2) is 0 Å². The van der Waals surface area contributed by atoms with Crippen LogP contribution in [-0.2, 0) is 13.0 Å². The lowest BCUT2D eigenvalue weighted by atomic mass is 9.97. The molecule has 0 fully saturated rings. The Hall–Kier alpha value is -1.90. The van der Waals surface area contributed by atoms with E-state index in [-0.39, 0.29) is 6.54 Å². The summed E-state index contributed by atoms with van der Waals surface area (Å²) in [6.07, 6.45) is 0.594. The molecular formula is C18H12Cl3N3. The maximum atomic E-state index is 8.42. The van der Waals surface area contributed by atoms with E-state index in [9.17, 15) is 0 Å². The van der Waals surface area contributed by atoms with E-state index in [2.05, 4.69) is 10.0 Å². The molecule has 120 valence electrons. The van der Waals surface area contributed by atoms with Crippen LogP contribution >= 0.6 is 34.8 Å². The van der Waals surface area contributed by atoms with Crippen molar-refractivity contribution in [2.75, 3.05) is 0 Å². The van der Waals surface area contributed by atoms with Crippen molar-refractivity contribution in [2.45, 2.75) is 13.0 Å². The van der Waals surface area contributed by atoms with E-state index in [1.807, 2.05) is 36.4 Å². The molecule has 0 aliphatic carbocycles. The molecule has 3 nitrogen and oxygen atoms in total. The summed E-state index contributed by atoms with van der Waals surface area (Å²) in [5.41, 5.74) is 11.1. The van der Waals surface area contributed by atoms with Crippen LogP contribution in [0.2, 0.25) is 15.1 Å². The van der Waals surface area contributed by atoms with Gasteiger partial charge in [-0.25, -0.2) is 0 Å². The lowest BCUT2D eigenvalue weighted by Crippen LogP contribution is -1.95. The van der Waals surface area contributed by atoms with E-state index >= 15 is 0 Å². The van der Waals surface area contributed by atoms with Crippen molar-refractivity contribution < 1.29 is 0 Å². The van der Waals surface area contributed by atoms with Crippen molar-refractivity contribution in [3.63, 3.8) is 0 Å². The second-order valence-electron chi connectivity index (χ2n) is 5.36. The van der Waals surface area contributed by atoms with Gasteiger partial charge >= 0.3 is 0 Å². The summed E-state index contributed by atoms with van der Waals surface area (Å²) >= 11 is 19.1. The molecular weight excluding hydrogens is 365 g/mol. The van der Waals surface area contributed by atoms with Crippen molar-refractivity contribution in [3.8, 4) is 0 Å². The zero-order valence-corrected chi connectivity index (χ0v) is 14.8. The third-order valence-corrected chi connectivity index (χ3v) is 4.85. The van der Waals surface area contributed by atoms with Gasteiger partial charge in [0.1, 0.15) is 0 Å². The fraction of sp³-hybridized carbons (Fsp3) is 0.111. The molecule has 6 heteroatoms. The topological polar surface area (TPSA) is 48.8 Å². The number of fused-ring (bicyclic) bond motifs is 1. The number of halogens is 3. The largest absolute Gasteiger partial charge is 0.0893 e. The van der Waals surface area contributed by atoms with Crippen LogP contribution in [0.15, 0.2) is 53.6 Å². The van der Waals surface area contributed by atoms with Gasteiger partial charge in [-0.05, 0) is 45.8 Å². The van der Waals surface area contributed by atoms with E-state index in [0.29, 0.717) is 16.5 Å². The minimum absolute atomic E-state index is 0.222. The van der Waals surface area contributed by atoms with Crippen LogP contribution in [0.1, 0.15) is 16.7 Å². The number of hydrogen-bond donors (Lipinski definition) is 0. The second-order valence-corrected chi connectivity index (χ2v) is 6.58. The van der Waals surface area contributed by atoms with Gasteiger partial charge in [0.05, 0.1) is 6.54 Å². The summed E-state index contributed by atoms with van der Waals surface area (Å²) in [6, 6.07) is 15.4. The van der Waals surface area contributed by atoms with E-state index in [1.54, 1.807) is 12.1 Å². The molecule has 0 aliphatic rings. The number of nitrogens with zero attached hydrogens (tertiary/aromatic N) is 3.